The minimum Gasteiger partial charge on any atom is -0.772 e. The largest absolute Gasteiger partial charge is 1.00 e. The SMILES string of the molecule is CSC(SCCCS(=O)[O-])=C1c2ccccc2N(c2ccccc2)c2ccccc21.[Na+]. The molecule has 0 fully saturated rings. The Morgan fingerprint density at radius 3 is 2.00 bits per heavy atom. The third-order valence-corrected chi connectivity index (χ3v) is 7.93. The molecule has 0 bridgehead atoms. The van der Waals surface area contributed by atoms with Crippen LogP contribution in [0.3, 0.4) is 0 Å². The van der Waals surface area contributed by atoms with Crippen molar-refractivity contribution in [3.05, 3.63) is 94.2 Å². The van der Waals surface area contributed by atoms with Gasteiger partial charge < -0.3 is 9.45 Å². The summed E-state index contributed by atoms with van der Waals surface area (Å²) in [5.74, 6) is 0.985. The number of para-hydroxylation sites is 3. The molecule has 154 valence electrons. The molecule has 1 heterocycles. The Kier molecular flexibility index (Phi) is 9.34. The number of fused-ring (bicyclic) bond motifs is 2. The molecule has 3 nitrogen and oxygen atoms in total. The van der Waals surface area contributed by atoms with E-state index in [1.807, 2.05) is 6.07 Å². The van der Waals surface area contributed by atoms with E-state index in [2.05, 4.69) is 84.0 Å². The van der Waals surface area contributed by atoms with Crippen LogP contribution in [0.5, 0.6) is 0 Å². The van der Waals surface area contributed by atoms with Crippen molar-refractivity contribution in [2.24, 2.45) is 0 Å². The summed E-state index contributed by atoms with van der Waals surface area (Å²) < 4.78 is 23.0. The fourth-order valence-corrected chi connectivity index (χ4v) is 6.23. The van der Waals surface area contributed by atoms with E-state index in [0.717, 1.165) is 22.8 Å². The molecule has 1 aliphatic heterocycles. The van der Waals surface area contributed by atoms with Crippen LogP contribution in [-0.2, 0) is 11.1 Å². The number of hydrogen-bond donors (Lipinski definition) is 0. The monoisotopic (exact) mass is 475 g/mol. The predicted octanol–water partition coefficient (Wildman–Crippen LogP) is 3.56. The fourth-order valence-electron chi connectivity index (χ4n) is 3.68. The normalized spacial score (nSPS) is 13.1. The molecule has 3 aromatic carbocycles. The first-order valence-corrected chi connectivity index (χ1v) is 13.2. The summed E-state index contributed by atoms with van der Waals surface area (Å²) in [4.78, 5) is 2.32. The molecule has 1 atom stereocenters. The van der Waals surface area contributed by atoms with Gasteiger partial charge in [-0.15, -0.1) is 23.5 Å². The molecule has 0 N–H and O–H groups in total. The fraction of sp³-hybridized carbons (Fsp3) is 0.167. The Morgan fingerprint density at radius 2 is 1.45 bits per heavy atom. The van der Waals surface area contributed by atoms with Gasteiger partial charge in [-0.3, -0.25) is 4.21 Å². The van der Waals surface area contributed by atoms with Gasteiger partial charge >= 0.3 is 29.6 Å². The molecule has 1 unspecified atom stereocenters. The van der Waals surface area contributed by atoms with Crippen LogP contribution < -0.4 is 34.5 Å². The Hall–Kier alpha value is -0.990. The van der Waals surface area contributed by atoms with E-state index >= 15 is 0 Å². The maximum absolute atomic E-state index is 10.9. The molecule has 3 aromatic rings. The van der Waals surface area contributed by atoms with Gasteiger partial charge in [0.05, 0.1) is 11.4 Å². The van der Waals surface area contributed by atoms with Gasteiger partial charge in [0.1, 0.15) is 0 Å². The summed E-state index contributed by atoms with van der Waals surface area (Å²) in [6, 6.07) is 27.5. The second kappa shape index (κ2) is 11.8. The van der Waals surface area contributed by atoms with E-state index in [1.165, 1.54) is 20.9 Å². The Morgan fingerprint density at radius 1 is 0.903 bits per heavy atom. The maximum Gasteiger partial charge on any atom is 1.00 e. The molecule has 31 heavy (non-hydrogen) atoms. The van der Waals surface area contributed by atoms with Gasteiger partial charge in [0.15, 0.2) is 0 Å². The summed E-state index contributed by atoms with van der Waals surface area (Å²) >= 11 is 1.50. The third-order valence-electron chi connectivity index (χ3n) is 4.92. The number of nitrogens with zero attached hydrogens (tertiary/aromatic N) is 1. The van der Waals surface area contributed by atoms with Crippen LogP contribution in [0.2, 0.25) is 0 Å². The third kappa shape index (κ3) is 5.50. The van der Waals surface area contributed by atoms with Crippen LogP contribution in [0.15, 0.2) is 83.1 Å². The molecular formula is C24H22NNaO2S3. The first kappa shape index (κ1) is 24.6. The quantitative estimate of drug-likeness (QED) is 0.232. The van der Waals surface area contributed by atoms with Crippen LogP contribution in [0.25, 0.3) is 5.57 Å². The Bertz CT molecular complexity index is 1040. The van der Waals surface area contributed by atoms with Gasteiger partial charge in [0, 0.05) is 32.4 Å². The van der Waals surface area contributed by atoms with Gasteiger partial charge in [-0.1, -0.05) is 65.7 Å². The molecule has 4 rings (SSSR count). The average molecular weight is 476 g/mol. The van der Waals surface area contributed by atoms with Crippen molar-refractivity contribution >= 4 is 57.2 Å². The number of anilines is 3. The average Bonchev–Trinajstić information content (AvgIpc) is 2.78. The van der Waals surface area contributed by atoms with Gasteiger partial charge in [-0.2, -0.15) is 0 Å². The molecular weight excluding hydrogens is 453 g/mol. The van der Waals surface area contributed by atoms with Crippen molar-refractivity contribution in [3.63, 3.8) is 0 Å². The van der Waals surface area contributed by atoms with Gasteiger partial charge in [0.2, 0.25) is 0 Å². The minimum atomic E-state index is -1.98. The maximum atomic E-state index is 10.9. The molecule has 1 aliphatic rings. The zero-order valence-corrected chi connectivity index (χ0v) is 22.1. The summed E-state index contributed by atoms with van der Waals surface area (Å²) in [6.07, 6.45) is 2.74. The van der Waals surface area contributed by atoms with E-state index in [9.17, 15) is 8.76 Å². The van der Waals surface area contributed by atoms with E-state index in [1.54, 1.807) is 23.5 Å². The standard InChI is InChI=1S/C24H23NO2S3.Na/c1-28-24(29-16-9-17-30(26)27)23-19-12-5-7-14-21(19)25(18-10-3-2-4-11-18)22-15-8-6-13-20(22)23;/h2-8,10-15H,9,16-17H2,1H3,(H,26,27);/q;+1/p-1. The Balaban J connectivity index is 0.00000272. The number of benzene rings is 3. The Labute approximate surface area is 217 Å². The van der Waals surface area contributed by atoms with E-state index in [0.29, 0.717) is 6.42 Å². The van der Waals surface area contributed by atoms with Gasteiger partial charge in [0.25, 0.3) is 0 Å². The van der Waals surface area contributed by atoms with E-state index in [4.69, 9.17) is 0 Å². The zero-order valence-electron chi connectivity index (χ0n) is 17.6. The first-order valence-electron chi connectivity index (χ1n) is 9.71. The van der Waals surface area contributed by atoms with Crippen molar-refractivity contribution in [2.45, 2.75) is 6.42 Å². The van der Waals surface area contributed by atoms with Crippen molar-refractivity contribution in [3.8, 4) is 0 Å². The molecule has 0 aliphatic carbocycles. The molecule has 0 spiro atoms. The number of thioether (sulfide) groups is 2. The van der Waals surface area contributed by atoms with Crippen molar-refractivity contribution in [2.75, 3.05) is 22.7 Å². The topological polar surface area (TPSA) is 43.4 Å². The van der Waals surface area contributed by atoms with Crippen LogP contribution in [0.1, 0.15) is 17.5 Å². The smallest absolute Gasteiger partial charge is 0.772 e. The van der Waals surface area contributed by atoms with Crippen LogP contribution in [-0.4, -0.2) is 26.5 Å². The number of rotatable bonds is 7. The summed E-state index contributed by atoms with van der Waals surface area (Å²) in [6.45, 7) is 0. The van der Waals surface area contributed by atoms with E-state index in [-0.39, 0.29) is 35.3 Å². The summed E-state index contributed by atoms with van der Waals surface area (Å²) in [5, 5.41) is 0. The second-order valence-corrected chi connectivity index (χ2v) is 9.98. The molecule has 0 saturated heterocycles. The van der Waals surface area contributed by atoms with Crippen LogP contribution in [0.4, 0.5) is 17.1 Å². The van der Waals surface area contributed by atoms with Gasteiger partial charge in [-0.25, -0.2) is 0 Å². The molecule has 0 saturated carbocycles. The first-order chi connectivity index (χ1) is 14.7. The number of hydrogen-bond acceptors (Lipinski definition) is 5. The molecule has 0 radical (unpaired) electrons. The van der Waals surface area contributed by atoms with Gasteiger partial charge in [-0.05, 0) is 42.7 Å². The van der Waals surface area contributed by atoms with Crippen LogP contribution in [0, 0.1) is 0 Å². The summed E-state index contributed by atoms with van der Waals surface area (Å²) in [5.41, 5.74) is 7.07. The molecule has 7 heteroatoms. The van der Waals surface area contributed by atoms with Crippen LogP contribution >= 0.6 is 23.5 Å². The van der Waals surface area contributed by atoms with Crippen molar-refractivity contribution < 1.29 is 38.3 Å². The summed E-state index contributed by atoms with van der Waals surface area (Å²) in [7, 11) is 0. The minimum absolute atomic E-state index is 0. The molecule has 0 aromatic heterocycles. The zero-order chi connectivity index (χ0) is 20.9. The molecule has 0 amide bonds. The second-order valence-electron chi connectivity index (χ2n) is 6.78. The predicted molar refractivity (Wildman–Crippen MR) is 132 cm³/mol. The van der Waals surface area contributed by atoms with Crippen molar-refractivity contribution in [1.82, 2.24) is 0 Å². The van der Waals surface area contributed by atoms with Crippen molar-refractivity contribution in [1.29, 1.82) is 0 Å². The van der Waals surface area contributed by atoms with E-state index < -0.39 is 11.1 Å².